The van der Waals surface area contributed by atoms with Gasteiger partial charge in [0.25, 0.3) is 5.79 Å². The van der Waals surface area contributed by atoms with Crippen LogP contribution in [-0.4, -0.2) is 17.7 Å². The van der Waals surface area contributed by atoms with Gasteiger partial charge in [0.15, 0.2) is 0 Å². The molecule has 0 radical (unpaired) electrons. The molecule has 3 rings (SSSR count). The van der Waals surface area contributed by atoms with Crippen LogP contribution >= 0.6 is 0 Å². The van der Waals surface area contributed by atoms with Crippen LogP contribution in [0.1, 0.15) is 31.2 Å². The Balaban J connectivity index is 1.95. The minimum Gasteiger partial charge on any atom is -0.418 e. The van der Waals surface area contributed by atoms with Crippen molar-refractivity contribution in [1.29, 1.82) is 0 Å². The molecule has 1 heterocycles. The lowest BCUT2D eigenvalue weighted by Crippen LogP contribution is -2.44. The molecule has 1 aromatic rings. The molecule has 4 heteroatoms. The molecule has 0 atom stereocenters. The van der Waals surface area contributed by atoms with Crippen LogP contribution < -0.4 is 0 Å². The number of carbonyl (C=O) groups is 2. The van der Waals surface area contributed by atoms with Crippen molar-refractivity contribution in [2.24, 2.45) is 0 Å². The zero-order valence-corrected chi connectivity index (χ0v) is 10.4. The van der Waals surface area contributed by atoms with Gasteiger partial charge in [0.1, 0.15) is 6.42 Å². The Labute approximate surface area is 111 Å². The summed E-state index contributed by atoms with van der Waals surface area (Å²) in [5, 5.41) is 0. The molecular formula is C15H14O4. The number of rotatable bonds is 1. The highest BCUT2D eigenvalue weighted by Gasteiger charge is 2.43. The molecule has 0 N–H and O–H groups in total. The van der Waals surface area contributed by atoms with E-state index in [2.05, 4.69) is 0 Å². The van der Waals surface area contributed by atoms with Gasteiger partial charge < -0.3 is 9.47 Å². The van der Waals surface area contributed by atoms with E-state index in [1.165, 1.54) is 0 Å². The van der Waals surface area contributed by atoms with Crippen LogP contribution in [0.4, 0.5) is 0 Å². The normalized spacial score (nSPS) is 21.6. The van der Waals surface area contributed by atoms with Crippen molar-refractivity contribution >= 4 is 17.5 Å². The molecule has 1 fully saturated rings. The predicted molar refractivity (Wildman–Crippen MR) is 67.8 cm³/mol. The third-order valence-electron chi connectivity index (χ3n) is 3.37. The van der Waals surface area contributed by atoms with Crippen molar-refractivity contribution in [3.8, 4) is 0 Å². The summed E-state index contributed by atoms with van der Waals surface area (Å²) in [4.78, 5) is 22.9. The fourth-order valence-electron chi connectivity index (χ4n) is 2.57. The van der Waals surface area contributed by atoms with Gasteiger partial charge in [-0.05, 0) is 24.0 Å². The summed E-state index contributed by atoms with van der Waals surface area (Å²) in [6, 6.07) is 9.85. The third kappa shape index (κ3) is 2.38. The molecule has 1 aliphatic heterocycles. The van der Waals surface area contributed by atoms with Gasteiger partial charge >= 0.3 is 11.9 Å². The monoisotopic (exact) mass is 258 g/mol. The Morgan fingerprint density at radius 2 is 1.68 bits per heavy atom. The average molecular weight is 258 g/mol. The lowest BCUT2D eigenvalue weighted by atomic mass is 9.89. The Morgan fingerprint density at radius 3 is 2.37 bits per heavy atom. The van der Waals surface area contributed by atoms with E-state index in [9.17, 15) is 9.59 Å². The molecule has 0 aromatic heterocycles. The topological polar surface area (TPSA) is 52.6 Å². The maximum atomic E-state index is 11.4. The molecule has 0 unspecified atom stereocenters. The summed E-state index contributed by atoms with van der Waals surface area (Å²) >= 11 is 0. The minimum atomic E-state index is -1.18. The maximum absolute atomic E-state index is 11.4. The summed E-state index contributed by atoms with van der Waals surface area (Å²) in [6.45, 7) is 0. The molecule has 0 bridgehead atoms. The van der Waals surface area contributed by atoms with Gasteiger partial charge in [-0.2, -0.15) is 0 Å². The number of hydrogen-bond acceptors (Lipinski definition) is 4. The third-order valence-corrected chi connectivity index (χ3v) is 3.37. The molecule has 0 amide bonds. The molecule has 1 spiro atoms. The van der Waals surface area contributed by atoms with Crippen molar-refractivity contribution in [1.82, 2.24) is 0 Å². The minimum absolute atomic E-state index is 0.295. The maximum Gasteiger partial charge on any atom is 0.320 e. The second-order valence-electron chi connectivity index (χ2n) is 4.83. The molecule has 2 aliphatic rings. The molecular weight excluding hydrogens is 244 g/mol. The van der Waals surface area contributed by atoms with Crippen LogP contribution in [0.2, 0.25) is 0 Å². The first-order chi connectivity index (χ1) is 9.17. The quantitative estimate of drug-likeness (QED) is 0.573. The van der Waals surface area contributed by atoms with E-state index in [0.29, 0.717) is 6.42 Å². The zero-order chi connectivity index (χ0) is 13.3. The average Bonchev–Trinajstić information content (AvgIpc) is 2.38. The van der Waals surface area contributed by atoms with Crippen molar-refractivity contribution < 1.29 is 19.1 Å². The van der Waals surface area contributed by atoms with Gasteiger partial charge in [0, 0.05) is 12.5 Å². The highest BCUT2D eigenvalue weighted by molar-refractivity contribution is 5.93. The van der Waals surface area contributed by atoms with Gasteiger partial charge in [-0.25, -0.2) is 0 Å². The zero-order valence-electron chi connectivity index (χ0n) is 10.4. The van der Waals surface area contributed by atoms with Crippen LogP contribution in [0.3, 0.4) is 0 Å². The Kier molecular flexibility index (Phi) is 2.85. The van der Waals surface area contributed by atoms with Crippen LogP contribution in [0.5, 0.6) is 0 Å². The first kappa shape index (κ1) is 12.0. The largest absolute Gasteiger partial charge is 0.418 e. The fourth-order valence-corrected chi connectivity index (χ4v) is 2.57. The molecule has 0 saturated carbocycles. The van der Waals surface area contributed by atoms with Gasteiger partial charge in [-0.3, -0.25) is 9.59 Å². The summed E-state index contributed by atoms with van der Waals surface area (Å²) in [5.74, 6) is -2.21. The molecule has 1 saturated heterocycles. The molecule has 1 aromatic carbocycles. The van der Waals surface area contributed by atoms with E-state index < -0.39 is 17.7 Å². The predicted octanol–water partition coefficient (Wildman–Crippen LogP) is 2.44. The van der Waals surface area contributed by atoms with E-state index >= 15 is 0 Å². The Hall–Kier alpha value is -2.10. The lowest BCUT2D eigenvalue weighted by Gasteiger charge is -2.36. The number of allylic oxidation sites excluding steroid dienone is 1. The number of carbonyl (C=O) groups excluding carboxylic acids is 2. The van der Waals surface area contributed by atoms with Gasteiger partial charge in [0.2, 0.25) is 0 Å². The second kappa shape index (κ2) is 4.53. The van der Waals surface area contributed by atoms with Crippen LogP contribution in [0.15, 0.2) is 36.4 Å². The van der Waals surface area contributed by atoms with Crippen molar-refractivity contribution in [2.45, 2.75) is 31.5 Å². The van der Waals surface area contributed by atoms with Gasteiger partial charge in [-0.1, -0.05) is 30.3 Å². The Bertz CT molecular complexity index is 529. The number of ether oxygens (including phenoxy) is 2. The van der Waals surface area contributed by atoms with Crippen LogP contribution in [0.25, 0.3) is 5.57 Å². The van der Waals surface area contributed by atoms with Crippen molar-refractivity contribution in [3.63, 3.8) is 0 Å². The first-order valence-corrected chi connectivity index (χ1v) is 6.38. The number of hydrogen-bond donors (Lipinski definition) is 0. The highest BCUT2D eigenvalue weighted by Crippen LogP contribution is 2.37. The summed E-state index contributed by atoms with van der Waals surface area (Å²) in [7, 11) is 0. The second-order valence-corrected chi connectivity index (χ2v) is 4.83. The number of esters is 2. The highest BCUT2D eigenvalue weighted by atomic mass is 16.7. The van der Waals surface area contributed by atoms with Crippen LogP contribution in [0, 0.1) is 0 Å². The molecule has 4 nitrogen and oxygen atoms in total. The van der Waals surface area contributed by atoms with E-state index in [0.717, 1.165) is 24.0 Å². The van der Waals surface area contributed by atoms with E-state index in [-0.39, 0.29) is 6.42 Å². The first-order valence-electron chi connectivity index (χ1n) is 6.38. The molecule has 19 heavy (non-hydrogen) atoms. The fraction of sp³-hybridized carbons (Fsp3) is 0.333. The van der Waals surface area contributed by atoms with Gasteiger partial charge in [-0.15, -0.1) is 0 Å². The van der Waals surface area contributed by atoms with E-state index in [1.807, 2.05) is 30.3 Å². The molecule has 98 valence electrons. The van der Waals surface area contributed by atoms with Crippen LogP contribution in [-0.2, 0) is 19.1 Å². The standard InChI is InChI=1S/C15H14O4/c16-13-9-14(17)19-15(18-13)8-4-7-12(10-15)11-5-2-1-3-6-11/h1-3,5-6,10H,4,7-9H2. The number of benzene rings is 1. The van der Waals surface area contributed by atoms with Gasteiger partial charge in [0.05, 0.1) is 0 Å². The lowest BCUT2D eigenvalue weighted by molar-refractivity contribution is -0.229. The summed E-state index contributed by atoms with van der Waals surface area (Å²) < 4.78 is 10.6. The van der Waals surface area contributed by atoms with Crippen molar-refractivity contribution in [2.75, 3.05) is 0 Å². The smallest absolute Gasteiger partial charge is 0.320 e. The molecule has 1 aliphatic carbocycles. The SMILES string of the molecule is O=C1CC(=O)OC2(C=C(c3ccccc3)CCC2)O1. The van der Waals surface area contributed by atoms with E-state index in [4.69, 9.17) is 9.47 Å². The van der Waals surface area contributed by atoms with Crippen molar-refractivity contribution in [3.05, 3.63) is 42.0 Å². The summed E-state index contributed by atoms with van der Waals surface area (Å²) in [6.07, 6.45) is 3.72. The summed E-state index contributed by atoms with van der Waals surface area (Å²) in [5.41, 5.74) is 2.12. The van der Waals surface area contributed by atoms with E-state index in [1.54, 1.807) is 6.08 Å². The Morgan fingerprint density at radius 1 is 1.00 bits per heavy atom.